The zero-order valence-electron chi connectivity index (χ0n) is 12.8. The normalized spacial score (nSPS) is 24.2. The lowest BCUT2D eigenvalue weighted by molar-refractivity contribution is -0.128. The standard InChI is InChI=1S/C13H26N2O4S/c1-5-6-11-7-15(20(4,17)18)8-12(11)14-13(16)9-19-10(2)3/h10-12H,5-9H2,1-4H3,(H,14,16)/t11-,12-/m1/s1. The van der Waals surface area contributed by atoms with Crippen LogP contribution in [0.15, 0.2) is 0 Å². The van der Waals surface area contributed by atoms with Gasteiger partial charge in [-0.3, -0.25) is 4.79 Å². The maximum absolute atomic E-state index is 11.8. The van der Waals surface area contributed by atoms with E-state index in [4.69, 9.17) is 4.74 Å². The Kier molecular flexibility index (Phi) is 6.42. The largest absolute Gasteiger partial charge is 0.369 e. The number of ether oxygens (including phenoxy) is 1. The predicted molar refractivity (Wildman–Crippen MR) is 77.8 cm³/mol. The number of nitrogens with one attached hydrogen (secondary N) is 1. The lowest BCUT2D eigenvalue weighted by Crippen LogP contribution is -2.42. The number of hydrogen-bond acceptors (Lipinski definition) is 4. The molecule has 1 rings (SSSR count). The number of carbonyl (C=O) groups is 1. The SMILES string of the molecule is CCC[C@@H]1CN(S(C)(=O)=O)C[C@H]1NC(=O)COC(C)C. The van der Waals surface area contributed by atoms with E-state index in [9.17, 15) is 13.2 Å². The molecule has 0 saturated carbocycles. The molecule has 1 amide bonds. The van der Waals surface area contributed by atoms with E-state index in [0.717, 1.165) is 12.8 Å². The molecular formula is C13H26N2O4S. The number of nitrogens with zero attached hydrogens (tertiary/aromatic N) is 1. The third-order valence-corrected chi connectivity index (χ3v) is 4.67. The van der Waals surface area contributed by atoms with E-state index in [1.807, 2.05) is 13.8 Å². The summed E-state index contributed by atoms with van der Waals surface area (Å²) < 4.78 is 29.9. The van der Waals surface area contributed by atoms with Gasteiger partial charge in [0.2, 0.25) is 15.9 Å². The second-order valence-corrected chi connectivity index (χ2v) is 7.64. The van der Waals surface area contributed by atoms with Gasteiger partial charge in [-0.05, 0) is 26.2 Å². The molecule has 7 heteroatoms. The van der Waals surface area contributed by atoms with Gasteiger partial charge in [0.15, 0.2) is 0 Å². The second-order valence-electron chi connectivity index (χ2n) is 5.66. The fraction of sp³-hybridized carbons (Fsp3) is 0.923. The van der Waals surface area contributed by atoms with Crippen molar-refractivity contribution in [3.63, 3.8) is 0 Å². The van der Waals surface area contributed by atoms with E-state index in [0.29, 0.717) is 13.1 Å². The van der Waals surface area contributed by atoms with Gasteiger partial charge in [-0.25, -0.2) is 8.42 Å². The molecule has 1 fully saturated rings. The average Bonchev–Trinajstić information content (AvgIpc) is 2.70. The van der Waals surface area contributed by atoms with Gasteiger partial charge in [-0.2, -0.15) is 4.31 Å². The van der Waals surface area contributed by atoms with Crippen LogP contribution < -0.4 is 5.32 Å². The smallest absolute Gasteiger partial charge is 0.246 e. The summed E-state index contributed by atoms with van der Waals surface area (Å²) in [5, 5.41) is 2.90. The molecule has 6 nitrogen and oxygen atoms in total. The van der Waals surface area contributed by atoms with Crippen LogP contribution in [0.2, 0.25) is 0 Å². The summed E-state index contributed by atoms with van der Waals surface area (Å²) in [6.07, 6.45) is 3.09. The van der Waals surface area contributed by atoms with Crippen molar-refractivity contribution in [3.05, 3.63) is 0 Å². The molecule has 1 aliphatic heterocycles. The molecule has 0 unspecified atom stereocenters. The van der Waals surface area contributed by atoms with Crippen molar-refractivity contribution < 1.29 is 17.9 Å². The molecule has 1 heterocycles. The highest BCUT2D eigenvalue weighted by molar-refractivity contribution is 7.88. The molecule has 0 aromatic heterocycles. The highest BCUT2D eigenvalue weighted by Gasteiger charge is 2.37. The van der Waals surface area contributed by atoms with E-state index >= 15 is 0 Å². The quantitative estimate of drug-likeness (QED) is 0.747. The van der Waals surface area contributed by atoms with E-state index < -0.39 is 10.0 Å². The summed E-state index contributed by atoms with van der Waals surface area (Å²) in [5.74, 6) is -0.00196. The Hall–Kier alpha value is -0.660. The van der Waals surface area contributed by atoms with Crippen molar-refractivity contribution in [1.82, 2.24) is 9.62 Å². The minimum atomic E-state index is -3.20. The highest BCUT2D eigenvalue weighted by atomic mass is 32.2. The first-order chi connectivity index (χ1) is 9.24. The number of carbonyl (C=O) groups excluding carboxylic acids is 1. The molecule has 0 aromatic carbocycles. The lowest BCUT2D eigenvalue weighted by Gasteiger charge is -2.19. The van der Waals surface area contributed by atoms with Crippen molar-refractivity contribution in [2.45, 2.75) is 45.8 Å². The van der Waals surface area contributed by atoms with Gasteiger partial charge in [-0.1, -0.05) is 13.3 Å². The lowest BCUT2D eigenvalue weighted by atomic mass is 9.98. The van der Waals surface area contributed by atoms with E-state index in [1.54, 1.807) is 0 Å². The first-order valence-electron chi connectivity index (χ1n) is 7.10. The van der Waals surface area contributed by atoms with Gasteiger partial charge in [0, 0.05) is 19.1 Å². The van der Waals surface area contributed by atoms with Gasteiger partial charge in [0.1, 0.15) is 6.61 Å². The van der Waals surface area contributed by atoms with Crippen LogP contribution in [-0.4, -0.2) is 56.7 Å². The molecule has 0 aromatic rings. The third kappa shape index (κ3) is 5.38. The molecule has 0 aliphatic carbocycles. The topological polar surface area (TPSA) is 75.7 Å². The van der Waals surface area contributed by atoms with Crippen molar-refractivity contribution >= 4 is 15.9 Å². The Morgan fingerprint density at radius 2 is 2.05 bits per heavy atom. The van der Waals surface area contributed by atoms with Gasteiger partial charge in [0.25, 0.3) is 0 Å². The Labute approximate surface area is 121 Å². The van der Waals surface area contributed by atoms with Gasteiger partial charge < -0.3 is 10.1 Å². The molecular weight excluding hydrogens is 280 g/mol. The van der Waals surface area contributed by atoms with Crippen molar-refractivity contribution in [3.8, 4) is 0 Å². The summed E-state index contributed by atoms with van der Waals surface area (Å²) in [7, 11) is -3.20. The summed E-state index contributed by atoms with van der Waals surface area (Å²) >= 11 is 0. The van der Waals surface area contributed by atoms with Crippen LogP contribution in [0.1, 0.15) is 33.6 Å². The van der Waals surface area contributed by atoms with Gasteiger partial charge in [0.05, 0.1) is 12.4 Å². The average molecular weight is 306 g/mol. The van der Waals surface area contributed by atoms with Crippen LogP contribution in [0.3, 0.4) is 0 Å². The number of sulfonamides is 1. The first-order valence-corrected chi connectivity index (χ1v) is 8.95. The fourth-order valence-corrected chi connectivity index (χ4v) is 3.31. The summed E-state index contributed by atoms with van der Waals surface area (Å²) in [6, 6.07) is -0.118. The summed E-state index contributed by atoms with van der Waals surface area (Å²) in [6.45, 7) is 6.66. The zero-order valence-corrected chi connectivity index (χ0v) is 13.6. The number of amides is 1. The molecule has 1 saturated heterocycles. The van der Waals surface area contributed by atoms with Crippen molar-refractivity contribution in [2.75, 3.05) is 26.0 Å². The first kappa shape index (κ1) is 17.4. The minimum Gasteiger partial charge on any atom is -0.369 e. The Morgan fingerprint density at radius 1 is 1.40 bits per heavy atom. The van der Waals surface area contributed by atoms with Crippen LogP contribution in [0.5, 0.6) is 0 Å². The van der Waals surface area contributed by atoms with Crippen LogP contribution in [0.4, 0.5) is 0 Å². The van der Waals surface area contributed by atoms with Crippen molar-refractivity contribution in [2.24, 2.45) is 5.92 Å². The summed E-state index contributed by atoms with van der Waals surface area (Å²) in [4.78, 5) is 11.8. The molecule has 20 heavy (non-hydrogen) atoms. The maximum Gasteiger partial charge on any atom is 0.246 e. The van der Waals surface area contributed by atoms with Crippen LogP contribution >= 0.6 is 0 Å². The summed E-state index contributed by atoms with van der Waals surface area (Å²) in [5.41, 5.74) is 0. The second kappa shape index (κ2) is 7.38. The third-order valence-electron chi connectivity index (χ3n) is 3.43. The van der Waals surface area contributed by atoms with Gasteiger partial charge in [-0.15, -0.1) is 0 Å². The molecule has 0 bridgehead atoms. The van der Waals surface area contributed by atoms with Crippen LogP contribution in [-0.2, 0) is 19.6 Å². The van der Waals surface area contributed by atoms with Crippen molar-refractivity contribution in [1.29, 1.82) is 0 Å². The van der Waals surface area contributed by atoms with E-state index in [2.05, 4.69) is 12.2 Å². The number of hydrogen-bond donors (Lipinski definition) is 1. The molecule has 2 atom stereocenters. The molecule has 0 radical (unpaired) electrons. The maximum atomic E-state index is 11.8. The van der Waals surface area contributed by atoms with E-state index in [-0.39, 0.29) is 30.6 Å². The molecule has 1 N–H and O–H groups in total. The highest BCUT2D eigenvalue weighted by Crippen LogP contribution is 2.23. The Balaban J connectivity index is 2.59. The minimum absolute atomic E-state index is 0.00304. The van der Waals surface area contributed by atoms with Gasteiger partial charge >= 0.3 is 0 Å². The molecule has 118 valence electrons. The molecule has 0 spiro atoms. The molecule has 1 aliphatic rings. The Bertz CT molecular complexity index is 422. The van der Waals surface area contributed by atoms with E-state index in [1.165, 1.54) is 10.6 Å². The fourth-order valence-electron chi connectivity index (χ4n) is 2.42. The van der Waals surface area contributed by atoms with Crippen LogP contribution in [0.25, 0.3) is 0 Å². The number of rotatable bonds is 7. The predicted octanol–water partition coefficient (Wildman–Crippen LogP) is 0.588. The van der Waals surface area contributed by atoms with Crippen LogP contribution in [0, 0.1) is 5.92 Å². The monoisotopic (exact) mass is 306 g/mol. The Morgan fingerprint density at radius 3 is 2.55 bits per heavy atom. The zero-order chi connectivity index (χ0) is 15.3.